The first-order chi connectivity index (χ1) is 9.99. The molecule has 21 heavy (non-hydrogen) atoms. The molecule has 6 nitrogen and oxygen atoms in total. The van der Waals surface area contributed by atoms with Crippen molar-refractivity contribution < 1.29 is 14.5 Å². The fraction of sp³-hybridized carbons (Fsp3) is 0.0714. The summed E-state index contributed by atoms with van der Waals surface area (Å²) in [7, 11) is 0. The predicted octanol–water partition coefficient (Wildman–Crippen LogP) is 2.93. The van der Waals surface area contributed by atoms with Crippen LogP contribution in [0.1, 0.15) is 15.9 Å². The van der Waals surface area contributed by atoms with Crippen molar-refractivity contribution in [2.24, 2.45) is 5.73 Å². The third-order valence-corrected chi connectivity index (χ3v) is 3.10. The molecule has 1 amide bonds. The number of ether oxygens (including phenoxy) is 1. The zero-order valence-corrected chi connectivity index (χ0v) is 11.5. The number of rotatable bonds is 5. The van der Waals surface area contributed by atoms with Crippen LogP contribution in [-0.2, 0) is 6.61 Å². The minimum absolute atomic E-state index is 0.0426. The molecule has 0 unspecified atom stereocenters. The van der Waals surface area contributed by atoms with E-state index in [0.717, 1.165) is 6.07 Å². The van der Waals surface area contributed by atoms with Crippen LogP contribution in [0, 0.1) is 10.1 Å². The Kier molecular flexibility index (Phi) is 4.39. The maximum Gasteiger partial charge on any atom is 0.276 e. The lowest BCUT2D eigenvalue weighted by atomic mass is 10.1. The van der Waals surface area contributed by atoms with Crippen LogP contribution >= 0.6 is 11.6 Å². The molecule has 0 spiro atoms. The van der Waals surface area contributed by atoms with E-state index in [9.17, 15) is 14.9 Å². The lowest BCUT2D eigenvalue weighted by molar-refractivity contribution is -0.385. The van der Waals surface area contributed by atoms with E-state index in [1.807, 2.05) is 0 Å². The molecule has 2 aromatic carbocycles. The zero-order valence-electron chi connectivity index (χ0n) is 10.8. The first-order valence-corrected chi connectivity index (χ1v) is 6.31. The maximum absolute atomic E-state index is 11.1. The molecule has 0 saturated heterocycles. The van der Waals surface area contributed by atoms with Gasteiger partial charge in [0.1, 0.15) is 12.4 Å². The molecule has 108 valence electrons. The molecule has 0 fully saturated rings. The number of nitro benzene ring substituents is 1. The Balaban J connectivity index is 2.26. The maximum atomic E-state index is 11.1. The van der Waals surface area contributed by atoms with Gasteiger partial charge in [0.2, 0.25) is 5.91 Å². The minimum Gasteiger partial charge on any atom is -0.487 e. The number of hydrogen-bond acceptors (Lipinski definition) is 4. The molecule has 0 heterocycles. The molecular weight excluding hydrogens is 296 g/mol. The van der Waals surface area contributed by atoms with Crippen LogP contribution < -0.4 is 10.5 Å². The SMILES string of the molecule is NC(=O)c1ccc(COc2ccccc2Cl)c([N+](=O)[O-])c1. The number of nitrogens with two attached hydrogens (primary N) is 1. The van der Waals surface area contributed by atoms with Gasteiger partial charge in [-0.15, -0.1) is 0 Å². The molecule has 0 atom stereocenters. The minimum atomic E-state index is -0.725. The van der Waals surface area contributed by atoms with Crippen LogP contribution in [-0.4, -0.2) is 10.8 Å². The van der Waals surface area contributed by atoms with E-state index in [0.29, 0.717) is 16.3 Å². The second kappa shape index (κ2) is 6.23. The van der Waals surface area contributed by atoms with Gasteiger partial charge in [-0.1, -0.05) is 23.7 Å². The number of benzene rings is 2. The molecule has 0 aliphatic heterocycles. The summed E-state index contributed by atoms with van der Waals surface area (Å²) in [5.41, 5.74) is 5.28. The van der Waals surface area contributed by atoms with Gasteiger partial charge in [-0.25, -0.2) is 0 Å². The van der Waals surface area contributed by atoms with Crippen molar-refractivity contribution >= 4 is 23.2 Å². The smallest absolute Gasteiger partial charge is 0.276 e. The summed E-state index contributed by atoms with van der Waals surface area (Å²) < 4.78 is 5.46. The van der Waals surface area contributed by atoms with Crippen molar-refractivity contribution in [3.05, 3.63) is 68.7 Å². The Morgan fingerprint density at radius 2 is 2.00 bits per heavy atom. The van der Waals surface area contributed by atoms with E-state index < -0.39 is 10.8 Å². The summed E-state index contributed by atoms with van der Waals surface area (Å²) in [6.07, 6.45) is 0. The summed E-state index contributed by atoms with van der Waals surface area (Å²) in [6, 6.07) is 10.8. The fourth-order valence-corrected chi connectivity index (χ4v) is 1.92. The lowest BCUT2D eigenvalue weighted by Gasteiger charge is -2.08. The number of primary amides is 1. The molecule has 0 aliphatic carbocycles. The Morgan fingerprint density at radius 1 is 1.29 bits per heavy atom. The molecule has 2 N–H and O–H groups in total. The number of carbonyl (C=O) groups is 1. The van der Waals surface area contributed by atoms with Crippen molar-refractivity contribution in [3.63, 3.8) is 0 Å². The fourth-order valence-electron chi connectivity index (χ4n) is 1.73. The number of nitrogens with zero attached hydrogens (tertiary/aromatic N) is 1. The van der Waals surface area contributed by atoms with Crippen molar-refractivity contribution in [2.45, 2.75) is 6.61 Å². The summed E-state index contributed by atoms with van der Waals surface area (Å²) in [5, 5.41) is 11.5. The molecule has 0 saturated carbocycles. The number of hydrogen-bond donors (Lipinski definition) is 1. The normalized spacial score (nSPS) is 10.1. The highest BCUT2D eigenvalue weighted by atomic mass is 35.5. The first-order valence-electron chi connectivity index (χ1n) is 5.93. The number of halogens is 1. The number of carbonyl (C=O) groups excluding carboxylic acids is 1. The molecular formula is C14H11ClN2O4. The summed E-state index contributed by atoms with van der Waals surface area (Å²) in [5.74, 6) is -0.302. The van der Waals surface area contributed by atoms with E-state index in [1.54, 1.807) is 24.3 Å². The van der Waals surface area contributed by atoms with Crippen molar-refractivity contribution in [1.29, 1.82) is 0 Å². The van der Waals surface area contributed by atoms with Crippen LogP contribution in [0.3, 0.4) is 0 Å². The van der Waals surface area contributed by atoms with Crippen LogP contribution in [0.5, 0.6) is 5.75 Å². The summed E-state index contributed by atoms with van der Waals surface area (Å²) in [6.45, 7) is -0.0426. The molecule has 0 radical (unpaired) electrons. The first kappa shape index (κ1) is 14.8. The van der Waals surface area contributed by atoms with Gasteiger partial charge in [-0.3, -0.25) is 14.9 Å². The second-order valence-corrected chi connectivity index (χ2v) is 4.59. The second-order valence-electron chi connectivity index (χ2n) is 4.18. The summed E-state index contributed by atoms with van der Waals surface area (Å²) in [4.78, 5) is 21.5. The third-order valence-electron chi connectivity index (χ3n) is 2.79. The highest BCUT2D eigenvalue weighted by Gasteiger charge is 2.17. The van der Waals surface area contributed by atoms with Gasteiger partial charge in [-0.2, -0.15) is 0 Å². The monoisotopic (exact) mass is 306 g/mol. The number of amides is 1. The Hall–Kier alpha value is -2.60. The lowest BCUT2D eigenvalue weighted by Crippen LogP contribution is -2.12. The standard InChI is InChI=1S/C14H11ClN2O4/c15-11-3-1-2-4-13(11)21-8-10-6-5-9(14(16)18)7-12(10)17(19)20/h1-7H,8H2,(H2,16,18). The van der Waals surface area contributed by atoms with Crippen molar-refractivity contribution in [1.82, 2.24) is 0 Å². The van der Waals surface area contributed by atoms with Crippen LogP contribution in [0.15, 0.2) is 42.5 Å². The average Bonchev–Trinajstić information content (AvgIpc) is 2.46. The zero-order chi connectivity index (χ0) is 15.4. The van der Waals surface area contributed by atoms with Gasteiger partial charge < -0.3 is 10.5 Å². The molecule has 7 heteroatoms. The number of nitro groups is 1. The van der Waals surface area contributed by atoms with Gasteiger partial charge in [-0.05, 0) is 24.3 Å². The van der Waals surface area contributed by atoms with Gasteiger partial charge >= 0.3 is 0 Å². The topological polar surface area (TPSA) is 95.5 Å². The van der Waals surface area contributed by atoms with E-state index in [4.69, 9.17) is 22.1 Å². The molecule has 0 aromatic heterocycles. The van der Waals surface area contributed by atoms with Gasteiger partial charge in [0.25, 0.3) is 5.69 Å². The van der Waals surface area contributed by atoms with Gasteiger partial charge in [0.05, 0.1) is 15.5 Å². The van der Waals surface area contributed by atoms with E-state index in [2.05, 4.69) is 0 Å². The Labute approximate surface area is 125 Å². The van der Waals surface area contributed by atoms with Crippen LogP contribution in [0.2, 0.25) is 5.02 Å². The van der Waals surface area contributed by atoms with E-state index >= 15 is 0 Å². The van der Waals surface area contributed by atoms with Crippen LogP contribution in [0.25, 0.3) is 0 Å². The highest BCUT2D eigenvalue weighted by molar-refractivity contribution is 6.32. The highest BCUT2D eigenvalue weighted by Crippen LogP contribution is 2.26. The van der Waals surface area contributed by atoms with E-state index in [-0.39, 0.29) is 17.9 Å². The average molecular weight is 307 g/mol. The van der Waals surface area contributed by atoms with Crippen molar-refractivity contribution in [2.75, 3.05) is 0 Å². The molecule has 2 aromatic rings. The van der Waals surface area contributed by atoms with Gasteiger partial charge in [0, 0.05) is 11.6 Å². The predicted molar refractivity (Wildman–Crippen MR) is 77.4 cm³/mol. The third kappa shape index (κ3) is 3.49. The molecule has 0 aliphatic rings. The molecule has 2 rings (SSSR count). The van der Waals surface area contributed by atoms with Crippen LogP contribution in [0.4, 0.5) is 5.69 Å². The Bertz CT molecular complexity index is 703. The van der Waals surface area contributed by atoms with Gasteiger partial charge in [0.15, 0.2) is 0 Å². The number of para-hydroxylation sites is 1. The summed E-state index contributed by atoms with van der Waals surface area (Å²) >= 11 is 5.94. The van der Waals surface area contributed by atoms with E-state index in [1.165, 1.54) is 12.1 Å². The quantitative estimate of drug-likeness (QED) is 0.678. The Morgan fingerprint density at radius 3 is 2.62 bits per heavy atom. The molecule has 0 bridgehead atoms. The largest absolute Gasteiger partial charge is 0.487 e. The van der Waals surface area contributed by atoms with Crippen molar-refractivity contribution in [3.8, 4) is 5.75 Å².